The van der Waals surface area contributed by atoms with Crippen molar-refractivity contribution in [2.45, 2.75) is 19.8 Å². The van der Waals surface area contributed by atoms with Crippen molar-refractivity contribution in [3.05, 3.63) is 28.2 Å². The topological polar surface area (TPSA) is 59.1 Å². The largest absolute Gasteiger partial charge is 0.482 e. The van der Waals surface area contributed by atoms with Gasteiger partial charge in [-0.1, -0.05) is 36.5 Å². The summed E-state index contributed by atoms with van der Waals surface area (Å²) in [6, 6.07) is 4.84. The molecule has 0 N–H and O–H groups in total. The van der Waals surface area contributed by atoms with E-state index in [1.54, 1.807) is 28.0 Å². The normalized spacial score (nSPS) is 14.4. The van der Waals surface area contributed by atoms with Crippen molar-refractivity contribution in [3.8, 4) is 5.75 Å². The maximum Gasteiger partial charge on any atom is 0.409 e. The molecule has 25 heavy (non-hydrogen) atoms. The third kappa shape index (κ3) is 5.97. The smallest absolute Gasteiger partial charge is 0.409 e. The summed E-state index contributed by atoms with van der Waals surface area (Å²) >= 11 is 11.8. The third-order valence-corrected chi connectivity index (χ3v) is 4.39. The van der Waals surface area contributed by atoms with Gasteiger partial charge in [0.2, 0.25) is 0 Å². The van der Waals surface area contributed by atoms with E-state index in [2.05, 4.69) is 0 Å². The van der Waals surface area contributed by atoms with Gasteiger partial charge >= 0.3 is 6.09 Å². The molecule has 0 aliphatic carbocycles. The number of unbranched alkanes of at least 4 members (excludes halogenated alkanes) is 1. The standard InChI is InChI=1S/C17H22Cl2N2O4/c1-2-3-10-24-17(23)21-8-6-20(7-9-21)16(22)12-25-15-5-4-13(18)11-14(15)19/h4-5,11H,2-3,6-10,12H2,1H3. The number of halogens is 2. The summed E-state index contributed by atoms with van der Waals surface area (Å²) < 4.78 is 10.6. The molecule has 1 heterocycles. The lowest BCUT2D eigenvalue weighted by atomic mass is 10.3. The van der Waals surface area contributed by atoms with Crippen LogP contribution >= 0.6 is 23.2 Å². The summed E-state index contributed by atoms with van der Waals surface area (Å²) in [4.78, 5) is 27.4. The predicted octanol–water partition coefficient (Wildman–Crippen LogP) is 3.45. The fourth-order valence-electron chi connectivity index (χ4n) is 2.36. The summed E-state index contributed by atoms with van der Waals surface area (Å²) in [7, 11) is 0. The molecule has 2 rings (SSSR count). The summed E-state index contributed by atoms with van der Waals surface area (Å²) in [6.07, 6.45) is 1.52. The molecule has 0 unspecified atom stereocenters. The molecule has 0 atom stereocenters. The molecule has 2 amide bonds. The Morgan fingerprint density at radius 3 is 2.44 bits per heavy atom. The van der Waals surface area contributed by atoms with Gasteiger partial charge in [0.15, 0.2) is 6.61 Å². The quantitative estimate of drug-likeness (QED) is 0.700. The number of hydrogen-bond donors (Lipinski definition) is 0. The maximum absolute atomic E-state index is 12.2. The molecule has 0 aromatic heterocycles. The number of nitrogens with zero attached hydrogens (tertiary/aromatic N) is 2. The van der Waals surface area contributed by atoms with Crippen molar-refractivity contribution in [2.24, 2.45) is 0 Å². The summed E-state index contributed by atoms with van der Waals surface area (Å²) in [5, 5.41) is 0.866. The second-order valence-corrected chi connectivity index (χ2v) is 6.54. The Balaban J connectivity index is 1.74. The van der Waals surface area contributed by atoms with Crippen molar-refractivity contribution in [1.82, 2.24) is 9.80 Å². The molecule has 0 bridgehead atoms. The molecule has 0 radical (unpaired) electrons. The molecule has 1 aliphatic rings. The highest BCUT2D eigenvalue weighted by Gasteiger charge is 2.25. The van der Waals surface area contributed by atoms with Crippen LogP contribution in [0.3, 0.4) is 0 Å². The highest BCUT2D eigenvalue weighted by atomic mass is 35.5. The van der Waals surface area contributed by atoms with Crippen LogP contribution in [-0.2, 0) is 9.53 Å². The van der Waals surface area contributed by atoms with Gasteiger partial charge < -0.3 is 19.3 Å². The fourth-order valence-corrected chi connectivity index (χ4v) is 2.82. The number of amides is 2. The van der Waals surface area contributed by atoms with Crippen LogP contribution in [0.4, 0.5) is 4.79 Å². The Kier molecular flexibility index (Phi) is 7.65. The molecule has 1 aromatic carbocycles. The minimum absolute atomic E-state index is 0.109. The van der Waals surface area contributed by atoms with E-state index in [9.17, 15) is 9.59 Å². The lowest BCUT2D eigenvalue weighted by Gasteiger charge is -2.34. The van der Waals surface area contributed by atoms with Gasteiger partial charge in [0.05, 0.1) is 11.6 Å². The average molecular weight is 389 g/mol. The monoisotopic (exact) mass is 388 g/mol. The van der Waals surface area contributed by atoms with E-state index in [1.165, 1.54) is 0 Å². The Morgan fingerprint density at radius 2 is 1.80 bits per heavy atom. The van der Waals surface area contributed by atoms with Gasteiger partial charge in [0.1, 0.15) is 5.75 Å². The zero-order chi connectivity index (χ0) is 18.2. The van der Waals surface area contributed by atoms with E-state index >= 15 is 0 Å². The van der Waals surface area contributed by atoms with Gasteiger partial charge in [0, 0.05) is 31.2 Å². The van der Waals surface area contributed by atoms with Crippen molar-refractivity contribution in [3.63, 3.8) is 0 Å². The predicted molar refractivity (Wildman–Crippen MR) is 96.4 cm³/mol. The van der Waals surface area contributed by atoms with Crippen molar-refractivity contribution in [2.75, 3.05) is 39.4 Å². The van der Waals surface area contributed by atoms with E-state index in [4.69, 9.17) is 32.7 Å². The van der Waals surface area contributed by atoms with Gasteiger partial charge in [-0.2, -0.15) is 0 Å². The molecule has 0 saturated carbocycles. The van der Waals surface area contributed by atoms with Crippen LogP contribution in [0.15, 0.2) is 18.2 Å². The van der Waals surface area contributed by atoms with Crippen LogP contribution < -0.4 is 4.74 Å². The second kappa shape index (κ2) is 9.73. The van der Waals surface area contributed by atoms with Crippen LogP contribution in [0.2, 0.25) is 10.0 Å². The van der Waals surface area contributed by atoms with Crippen molar-refractivity contribution in [1.29, 1.82) is 0 Å². The van der Waals surface area contributed by atoms with Gasteiger partial charge in [-0.3, -0.25) is 4.79 Å². The minimum atomic E-state index is -0.315. The first kappa shape index (κ1) is 19.7. The molecule has 138 valence electrons. The minimum Gasteiger partial charge on any atom is -0.482 e. The summed E-state index contributed by atoms with van der Waals surface area (Å²) in [5.41, 5.74) is 0. The van der Waals surface area contributed by atoms with Gasteiger partial charge in [-0.05, 0) is 24.6 Å². The van der Waals surface area contributed by atoms with E-state index in [0.717, 1.165) is 12.8 Å². The maximum atomic E-state index is 12.2. The van der Waals surface area contributed by atoms with E-state index in [-0.39, 0.29) is 18.6 Å². The number of hydrogen-bond acceptors (Lipinski definition) is 4. The molecule has 6 nitrogen and oxygen atoms in total. The van der Waals surface area contributed by atoms with Crippen molar-refractivity contribution < 1.29 is 19.1 Å². The van der Waals surface area contributed by atoms with Gasteiger partial charge in [-0.15, -0.1) is 0 Å². The second-order valence-electron chi connectivity index (χ2n) is 5.70. The molecular formula is C17H22Cl2N2O4. The number of ether oxygens (including phenoxy) is 2. The molecular weight excluding hydrogens is 367 g/mol. The Labute approximate surface area is 157 Å². The Morgan fingerprint density at radius 1 is 1.12 bits per heavy atom. The fraction of sp³-hybridized carbons (Fsp3) is 0.529. The summed E-state index contributed by atoms with van der Waals surface area (Å²) in [6.45, 7) is 4.19. The Hall–Kier alpha value is -1.66. The van der Waals surface area contributed by atoms with Crippen LogP contribution in [0, 0.1) is 0 Å². The van der Waals surface area contributed by atoms with Crippen LogP contribution in [-0.4, -0.2) is 61.2 Å². The zero-order valence-electron chi connectivity index (χ0n) is 14.2. The van der Waals surface area contributed by atoms with E-state index < -0.39 is 0 Å². The molecule has 1 fully saturated rings. The Bertz CT molecular complexity index is 604. The lowest BCUT2D eigenvalue weighted by molar-refractivity contribution is -0.134. The first-order valence-electron chi connectivity index (χ1n) is 8.28. The molecule has 1 aliphatic heterocycles. The van der Waals surface area contributed by atoms with Crippen molar-refractivity contribution >= 4 is 35.2 Å². The van der Waals surface area contributed by atoms with Crippen LogP contribution in [0.1, 0.15) is 19.8 Å². The third-order valence-electron chi connectivity index (χ3n) is 3.86. The van der Waals surface area contributed by atoms with E-state index in [0.29, 0.717) is 48.6 Å². The highest BCUT2D eigenvalue weighted by molar-refractivity contribution is 6.35. The van der Waals surface area contributed by atoms with Crippen LogP contribution in [0.25, 0.3) is 0 Å². The SMILES string of the molecule is CCCCOC(=O)N1CCN(C(=O)COc2ccc(Cl)cc2Cl)CC1. The molecule has 0 spiro atoms. The number of carbonyl (C=O) groups is 2. The number of piperazine rings is 1. The van der Waals surface area contributed by atoms with Crippen LogP contribution in [0.5, 0.6) is 5.75 Å². The summed E-state index contributed by atoms with van der Waals surface area (Å²) in [5.74, 6) is 0.266. The highest BCUT2D eigenvalue weighted by Crippen LogP contribution is 2.27. The van der Waals surface area contributed by atoms with Gasteiger partial charge in [0.25, 0.3) is 5.91 Å². The van der Waals surface area contributed by atoms with E-state index in [1.807, 2.05) is 6.92 Å². The zero-order valence-corrected chi connectivity index (χ0v) is 15.7. The number of benzene rings is 1. The molecule has 8 heteroatoms. The number of carbonyl (C=O) groups excluding carboxylic acids is 2. The first-order chi connectivity index (χ1) is 12.0. The average Bonchev–Trinajstić information content (AvgIpc) is 2.61. The lowest BCUT2D eigenvalue weighted by Crippen LogP contribution is -2.51. The number of rotatable bonds is 6. The van der Waals surface area contributed by atoms with Gasteiger partial charge in [-0.25, -0.2) is 4.79 Å². The first-order valence-corrected chi connectivity index (χ1v) is 9.04. The molecule has 1 aromatic rings. The molecule has 1 saturated heterocycles.